The summed E-state index contributed by atoms with van der Waals surface area (Å²) in [5, 5.41) is 3.80. The second kappa shape index (κ2) is 7.21. The number of H-pyrrole nitrogens is 1. The van der Waals surface area contributed by atoms with Crippen LogP contribution in [0.25, 0.3) is 10.9 Å². The molecule has 0 radical (unpaired) electrons. The number of aryl methyl sites for hydroxylation is 1. The number of benzene rings is 2. The first-order valence-corrected chi connectivity index (χ1v) is 8.12. The van der Waals surface area contributed by atoms with Gasteiger partial charge in [-0.05, 0) is 48.6 Å². The lowest BCUT2D eigenvalue weighted by atomic mass is 10.1. The molecule has 0 spiro atoms. The number of hydrogen-bond acceptors (Lipinski definition) is 3. The summed E-state index contributed by atoms with van der Waals surface area (Å²) in [6, 6.07) is 14.8. The summed E-state index contributed by atoms with van der Waals surface area (Å²) in [7, 11) is 1.59. The summed E-state index contributed by atoms with van der Waals surface area (Å²) in [4.78, 5) is 27.3. The predicted octanol–water partition coefficient (Wildman–Crippen LogP) is 2.82. The maximum atomic E-state index is 12.2. The van der Waals surface area contributed by atoms with Crippen LogP contribution in [0.15, 0.2) is 53.3 Å². The summed E-state index contributed by atoms with van der Waals surface area (Å²) in [5.74, 6) is 0.571. The number of amides is 1. The highest BCUT2D eigenvalue weighted by Gasteiger charge is 2.09. The first kappa shape index (κ1) is 16.8. The van der Waals surface area contributed by atoms with Crippen LogP contribution in [0.2, 0.25) is 0 Å². The molecule has 1 amide bonds. The van der Waals surface area contributed by atoms with Gasteiger partial charge in [-0.25, -0.2) is 0 Å². The van der Waals surface area contributed by atoms with Gasteiger partial charge in [0.2, 0.25) is 0 Å². The SMILES string of the molecule is COc1ccc2cc(CCNC(=O)c3ccccc3C)c(=O)[nH]c2c1. The van der Waals surface area contributed by atoms with Crippen LogP contribution < -0.4 is 15.6 Å². The topological polar surface area (TPSA) is 71.2 Å². The second-order valence-corrected chi connectivity index (χ2v) is 5.90. The molecule has 1 aromatic heterocycles. The molecule has 5 nitrogen and oxygen atoms in total. The van der Waals surface area contributed by atoms with Crippen molar-refractivity contribution >= 4 is 16.8 Å². The molecular weight excluding hydrogens is 316 g/mol. The molecule has 2 aromatic carbocycles. The zero-order valence-electron chi connectivity index (χ0n) is 14.3. The van der Waals surface area contributed by atoms with Crippen molar-refractivity contribution in [3.8, 4) is 5.75 Å². The van der Waals surface area contributed by atoms with Gasteiger partial charge in [0, 0.05) is 23.7 Å². The fraction of sp³-hybridized carbons (Fsp3) is 0.200. The van der Waals surface area contributed by atoms with Crippen molar-refractivity contribution in [1.29, 1.82) is 0 Å². The molecule has 0 unspecified atom stereocenters. The van der Waals surface area contributed by atoms with E-state index in [1.165, 1.54) is 0 Å². The number of aromatic nitrogens is 1. The van der Waals surface area contributed by atoms with Gasteiger partial charge in [0.1, 0.15) is 5.75 Å². The lowest BCUT2D eigenvalue weighted by molar-refractivity contribution is 0.0953. The summed E-state index contributed by atoms with van der Waals surface area (Å²) < 4.78 is 5.17. The Morgan fingerprint density at radius 2 is 1.96 bits per heavy atom. The number of fused-ring (bicyclic) bond motifs is 1. The Morgan fingerprint density at radius 3 is 2.72 bits per heavy atom. The average Bonchev–Trinajstić information content (AvgIpc) is 2.62. The van der Waals surface area contributed by atoms with Gasteiger partial charge in [-0.15, -0.1) is 0 Å². The fourth-order valence-electron chi connectivity index (χ4n) is 2.77. The quantitative estimate of drug-likeness (QED) is 0.752. The van der Waals surface area contributed by atoms with Gasteiger partial charge in [-0.1, -0.05) is 18.2 Å². The number of rotatable bonds is 5. The minimum atomic E-state index is -0.147. The summed E-state index contributed by atoms with van der Waals surface area (Å²) >= 11 is 0. The van der Waals surface area contributed by atoms with Crippen LogP contribution in [0.3, 0.4) is 0 Å². The molecule has 0 saturated carbocycles. The molecule has 0 aliphatic heterocycles. The lowest BCUT2D eigenvalue weighted by Gasteiger charge is -2.08. The van der Waals surface area contributed by atoms with Gasteiger partial charge in [-0.2, -0.15) is 0 Å². The summed E-state index contributed by atoms with van der Waals surface area (Å²) in [6.45, 7) is 2.30. The van der Waals surface area contributed by atoms with Crippen molar-refractivity contribution in [2.45, 2.75) is 13.3 Å². The fourth-order valence-corrected chi connectivity index (χ4v) is 2.77. The monoisotopic (exact) mass is 336 g/mol. The maximum Gasteiger partial charge on any atom is 0.251 e. The van der Waals surface area contributed by atoms with Crippen molar-refractivity contribution in [3.05, 3.63) is 75.6 Å². The Hall–Kier alpha value is -3.08. The lowest BCUT2D eigenvalue weighted by Crippen LogP contribution is -2.28. The number of carbonyl (C=O) groups is 1. The third-order valence-electron chi connectivity index (χ3n) is 4.20. The number of ether oxygens (including phenoxy) is 1. The largest absolute Gasteiger partial charge is 0.497 e. The number of aromatic amines is 1. The van der Waals surface area contributed by atoms with E-state index in [1.807, 2.05) is 43.3 Å². The van der Waals surface area contributed by atoms with Crippen LogP contribution in [0.4, 0.5) is 0 Å². The Bertz CT molecular complexity index is 976. The van der Waals surface area contributed by atoms with E-state index in [0.717, 1.165) is 16.5 Å². The Kier molecular flexibility index (Phi) is 4.84. The molecular formula is C20H20N2O3. The first-order valence-electron chi connectivity index (χ1n) is 8.12. The van der Waals surface area contributed by atoms with Crippen LogP contribution in [-0.4, -0.2) is 24.5 Å². The molecule has 3 rings (SSSR count). The van der Waals surface area contributed by atoms with E-state index in [1.54, 1.807) is 19.2 Å². The first-order chi connectivity index (χ1) is 12.1. The molecule has 0 aliphatic carbocycles. The molecule has 0 atom stereocenters. The van der Waals surface area contributed by atoms with Crippen LogP contribution in [0.1, 0.15) is 21.5 Å². The molecule has 0 saturated heterocycles. The zero-order valence-corrected chi connectivity index (χ0v) is 14.3. The summed E-state index contributed by atoms with van der Waals surface area (Å²) in [6.07, 6.45) is 0.467. The average molecular weight is 336 g/mol. The van der Waals surface area contributed by atoms with Crippen molar-refractivity contribution in [2.75, 3.05) is 13.7 Å². The highest BCUT2D eigenvalue weighted by molar-refractivity contribution is 5.95. The minimum absolute atomic E-state index is 0.125. The third kappa shape index (κ3) is 3.71. The third-order valence-corrected chi connectivity index (χ3v) is 4.20. The predicted molar refractivity (Wildman–Crippen MR) is 98.3 cm³/mol. The summed E-state index contributed by atoms with van der Waals surface area (Å²) in [5.41, 5.74) is 2.81. The van der Waals surface area contributed by atoms with E-state index in [-0.39, 0.29) is 11.5 Å². The normalized spacial score (nSPS) is 10.6. The van der Waals surface area contributed by atoms with Crippen LogP contribution >= 0.6 is 0 Å². The van der Waals surface area contributed by atoms with Gasteiger partial charge >= 0.3 is 0 Å². The molecule has 5 heteroatoms. The number of methoxy groups -OCH3 is 1. The van der Waals surface area contributed by atoms with Gasteiger partial charge in [0.15, 0.2) is 0 Å². The smallest absolute Gasteiger partial charge is 0.251 e. The highest BCUT2D eigenvalue weighted by atomic mass is 16.5. The number of nitrogens with one attached hydrogen (secondary N) is 2. The van der Waals surface area contributed by atoms with Gasteiger partial charge in [0.25, 0.3) is 11.5 Å². The van der Waals surface area contributed by atoms with Crippen LogP contribution in [-0.2, 0) is 6.42 Å². The van der Waals surface area contributed by atoms with Crippen molar-refractivity contribution in [2.24, 2.45) is 0 Å². The second-order valence-electron chi connectivity index (χ2n) is 5.90. The van der Waals surface area contributed by atoms with E-state index in [9.17, 15) is 9.59 Å². The Balaban J connectivity index is 1.71. The molecule has 1 heterocycles. The van der Waals surface area contributed by atoms with E-state index < -0.39 is 0 Å². The zero-order chi connectivity index (χ0) is 17.8. The van der Waals surface area contributed by atoms with E-state index in [0.29, 0.717) is 29.8 Å². The number of hydrogen-bond donors (Lipinski definition) is 2. The molecule has 25 heavy (non-hydrogen) atoms. The minimum Gasteiger partial charge on any atom is -0.497 e. The molecule has 3 aromatic rings. The Morgan fingerprint density at radius 1 is 1.16 bits per heavy atom. The van der Waals surface area contributed by atoms with Crippen molar-refractivity contribution < 1.29 is 9.53 Å². The van der Waals surface area contributed by atoms with Crippen LogP contribution in [0, 0.1) is 6.92 Å². The molecule has 0 bridgehead atoms. The van der Waals surface area contributed by atoms with Crippen LogP contribution in [0.5, 0.6) is 5.75 Å². The standard InChI is InChI=1S/C20H20N2O3/c1-13-5-3-4-6-17(13)20(24)21-10-9-15-11-14-7-8-16(25-2)12-18(14)22-19(15)23/h3-8,11-12H,9-10H2,1-2H3,(H,21,24)(H,22,23). The van der Waals surface area contributed by atoms with E-state index >= 15 is 0 Å². The van der Waals surface area contributed by atoms with Crippen molar-refractivity contribution in [1.82, 2.24) is 10.3 Å². The maximum absolute atomic E-state index is 12.2. The molecule has 128 valence electrons. The highest BCUT2D eigenvalue weighted by Crippen LogP contribution is 2.18. The van der Waals surface area contributed by atoms with E-state index in [4.69, 9.17) is 4.74 Å². The number of carbonyl (C=O) groups excluding carboxylic acids is 1. The van der Waals surface area contributed by atoms with Gasteiger partial charge < -0.3 is 15.0 Å². The molecule has 0 aliphatic rings. The van der Waals surface area contributed by atoms with Gasteiger partial charge in [0.05, 0.1) is 12.6 Å². The van der Waals surface area contributed by atoms with Gasteiger partial charge in [-0.3, -0.25) is 9.59 Å². The Labute approximate surface area is 145 Å². The van der Waals surface area contributed by atoms with E-state index in [2.05, 4.69) is 10.3 Å². The molecule has 2 N–H and O–H groups in total. The van der Waals surface area contributed by atoms with Crippen molar-refractivity contribution in [3.63, 3.8) is 0 Å². The number of pyridine rings is 1. The molecule has 0 fully saturated rings.